The number of hydrogen-bond acceptors (Lipinski definition) is 4. The molecule has 0 fully saturated rings. The monoisotopic (exact) mass is 342 g/mol. The molecule has 0 saturated carbocycles. The highest BCUT2D eigenvalue weighted by molar-refractivity contribution is 5.86. The lowest BCUT2D eigenvalue weighted by atomic mass is 10.1. The van der Waals surface area contributed by atoms with Crippen molar-refractivity contribution in [2.45, 2.75) is 32.5 Å². The van der Waals surface area contributed by atoms with Crippen LogP contribution in [0.5, 0.6) is 0 Å². The van der Waals surface area contributed by atoms with Crippen LogP contribution in [0.2, 0.25) is 0 Å². The second kappa shape index (κ2) is 8.73. The number of nitrogens with one attached hydrogen (secondary N) is 2. The largest absolute Gasteiger partial charge is 0.414 e. The highest BCUT2D eigenvalue weighted by Crippen LogP contribution is 2.24. The molecule has 2 amide bonds. The molecule has 0 aromatic heterocycles. The van der Waals surface area contributed by atoms with Gasteiger partial charge < -0.3 is 9.47 Å². The van der Waals surface area contributed by atoms with Crippen LogP contribution in [0, 0.1) is 0 Å². The lowest BCUT2D eigenvalue weighted by molar-refractivity contribution is -0.159. The van der Waals surface area contributed by atoms with Crippen LogP contribution in [-0.4, -0.2) is 18.0 Å². The average Bonchev–Trinajstić information content (AvgIpc) is 2.62. The summed E-state index contributed by atoms with van der Waals surface area (Å²) in [6, 6.07) is 17.8. The zero-order valence-corrected chi connectivity index (χ0v) is 14.3. The minimum absolute atomic E-state index is 0.327. The van der Waals surface area contributed by atoms with Crippen molar-refractivity contribution in [2.75, 3.05) is 10.6 Å². The summed E-state index contributed by atoms with van der Waals surface area (Å²) >= 11 is 0. The fourth-order valence-electron chi connectivity index (χ4n) is 2.23. The van der Waals surface area contributed by atoms with Gasteiger partial charge in [-0.3, -0.25) is 10.6 Å². The smallest absolute Gasteiger partial charge is 0.406 e. The van der Waals surface area contributed by atoms with Crippen molar-refractivity contribution >= 4 is 23.6 Å². The number of hydrogen-bond donors (Lipinski definition) is 2. The van der Waals surface area contributed by atoms with Crippen LogP contribution in [0.1, 0.15) is 26.7 Å². The first-order valence-corrected chi connectivity index (χ1v) is 8.17. The van der Waals surface area contributed by atoms with Crippen molar-refractivity contribution in [1.29, 1.82) is 0 Å². The minimum atomic E-state index is -1.34. The summed E-state index contributed by atoms with van der Waals surface area (Å²) in [6.07, 6.45) is -0.702. The molecular formula is C19H22N2O4. The summed E-state index contributed by atoms with van der Waals surface area (Å²) < 4.78 is 10.8. The molecule has 0 aliphatic rings. The van der Waals surface area contributed by atoms with Crippen molar-refractivity contribution < 1.29 is 19.1 Å². The first-order valence-electron chi connectivity index (χ1n) is 8.17. The summed E-state index contributed by atoms with van der Waals surface area (Å²) in [5.74, 6) is -1.34. The summed E-state index contributed by atoms with van der Waals surface area (Å²) in [6.45, 7) is 3.57. The predicted octanol–water partition coefficient (Wildman–Crippen LogP) is 5.00. The van der Waals surface area contributed by atoms with E-state index in [0.717, 1.165) is 0 Å². The molecule has 2 N–H and O–H groups in total. The molecule has 0 atom stereocenters. The number of amides is 2. The number of benzene rings is 2. The van der Waals surface area contributed by atoms with Crippen molar-refractivity contribution in [3.63, 3.8) is 0 Å². The zero-order chi connectivity index (χ0) is 18.1. The van der Waals surface area contributed by atoms with Crippen LogP contribution in [-0.2, 0) is 9.47 Å². The Morgan fingerprint density at radius 2 is 1.12 bits per heavy atom. The van der Waals surface area contributed by atoms with E-state index in [4.69, 9.17) is 9.47 Å². The van der Waals surface area contributed by atoms with E-state index in [0.29, 0.717) is 24.2 Å². The number of rotatable bonds is 6. The molecule has 0 saturated heterocycles. The third-order valence-electron chi connectivity index (χ3n) is 3.68. The van der Waals surface area contributed by atoms with Gasteiger partial charge in [-0.25, -0.2) is 9.59 Å². The normalized spacial score (nSPS) is 10.6. The highest BCUT2D eigenvalue weighted by Gasteiger charge is 2.35. The van der Waals surface area contributed by atoms with Crippen LogP contribution in [0.25, 0.3) is 0 Å². The maximum atomic E-state index is 12.1. The molecule has 132 valence electrons. The van der Waals surface area contributed by atoms with Gasteiger partial charge >= 0.3 is 12.2 Å². The topological polar surface area (TPSA) is 76.7 Å². The fraction of sp³-hybridized carbons (Fsp3) is 0.263. The third-order valence-corrected chi connectivity index (χ3v) is 3.68. The number of carbonyl (C=O) groups is 2. The SMILES string of the molecule is CCC(CC)(OC(=O)Nc1ccccc1)OC(=O)Nc1ccccc1. The molecule has 0 radical (unpaired) electrons. The molecular weight excluding hydrogens is 320 g/mol. The molecule has 6 heteroatoms. The summed E-state index contributed by atoms with van der Waals surface area (Å²) in [7, 11) is 0. The molecule has 0 heterocycles. The number of ether oxygens (including phenoxy) is 2. The van der Waals surface area contributed by atoms with Gasteiger partial charge in [0.1, 0.15) is 0 Å². The van der Waals surface area contributed by atoms with Gasteiger partial charge in [0.05, 0.1) is 0 Å². The second-order valence-electron chi connectivity index (χ2n) is 5.38. The quantitative estimate of drug-likeness (QED) is 0.724. The number of anilines is 2. The van der Waals surface area contributed by atoms with Crippen molar-refractivity contribution in [1.82, 2.24) is 0 Å². The third kappa shape index (κ3) is 5.53. The Morgan fingerprint density at radius 3 is 1.44 bits per heavy atom. The molecule has 0 aliphatic heterocycles. The van der Waals surface area contributed by atoms with E-state index in [9.17, 15) is 9.59 Å². The lowest BCUT2D eigenvalue weighted by Gasteiger charge is -2.30. The van der Waals surface area contributed by atoms with Crippen LogP contribution >= 0.6 is 0 Å². The maximum Gasteiger partial charge on any atom is 0.414 e. The Labute approximate surface area is 147 Å². The fourth-order valence-corrected chi connectivity index (χ4v) is 2.23. The van der Waals surface area contributed by atoms with Gasteiger partial charge in [-0.15, -0.1) is 0 Å². The Balaban J connectivity index is 1.99. The van der Waals surface area contributed by atoms with E-state index in [1.165, 1.54) is 0 Å². The summed E-state index contributed by atoms with van der Waals surface area (Å²) in [4.78, 5) is 24.3. The molecule has 0 aliphatic carbocycles. The molecule has 6 nitrogen and oxygen atoms in total. The van der Waals surface area contributed by atoms with Crippen LogP contribution < -0.4 is 10.6 Å². The Hall–Kier alpha value is -3.02. The van der Waals surface area contributed by atoms with Gasteiger partial charge in [0.25, 0.3) is 5.79 Å². The minimum Gasteiger partial charge on any atom is -0.406 e. The van der Waals surface area contributed by atoms with E-state index in [2.05, 4.69) is 10.6 Å². The zero-order valence-electron chi connectivity index (χ0n) is 14.3. The number of para-hydroxylation sites is 2. The van der Waals surface area contributed by atoms with E-state index in [-0.39, 0.29) is 0 Å². The van der Waals surface area contributed by atoms with Crippen molar-refractivity contribution in [2.24, 2.45) is 0 Å². The van der Waals surface area contributed by atoms with Crippen LogP contribution in [0.4, 0.5) is 21.0 Å². The molecule has 25 heavy (non-hydrogen) atoms. The van der Waals surface area contributed by atoms with E-state index >= 15 is 0 Å². The summed E-state index contributed by atoms with van der Waals surface area (Å²) in [5, 5.41) is 5.23. The predicted molar refractivity (Wildman–Crippen MR) is 96.4 cm³/mol. The molecule has 0 spiro atoms. The van der Waals surface area contributed by atoms with Crippen LogP contribution in [0.15, 0.2) is 60.7 Å². The lowest BCUT2D eigenvalue weighted by Crippen LogP contribution is -2.41. The summed E-state index contributed by atoms with van der Waals surface area (Å²) in [5.41, 5.74) is 1.20. The van der Waals surface area contributed by atoms with Gasteiger partial charge in [-0.05, 0) is 24.3 Å². The molecule has 2 aromatic carbocycles. The Bertz CT molecular complexity index is 628. The second-order valence-corrected chi connectivity index (χ2v) is 5.38. The van der Waals surface area contributed by atoms with Crippen LogP contribution in [0.3, 0.4) is 0 Å². The average molecular weight is 342 g/mol. The first kappa shape index (κ1) is 18.3. The maximum absolute atomic E-state index is 12.1. The molecule has 0 unspecified atom stereocenters. The molecule has 2 aromatic rings. The first-order chi connectivity index (χ1) is 12.1. The van der Waals surface area contributed by atoms with Gasteiger partial charge in [0.15, 0.2) is 0 Å². The van der Waals surface area contributed by atoms with Gasteiger partial charge in [0.2, 0.25) is 0 Å². The van der Waals surface area contributed by atoms with Gasteiger partial charge in [0, 0.05) is 24.2 Å². The molecule has 2 rings (SSSR count). The van der Waals surface area contributed by atoms with Crippen molar-refractivity contribution in [3.05, 3.63) is 60.7 Å². The van der Waals surface area contributed by atoms with Crippen molar-refractivity contribution in [3.8, 4) is 0 Å². The van der Waals surface area contributed by atoms with E-state index < -0.39 is 18.0 Å². The Kier molecular flexibility index (Phi) is 6.39. The standard InChI is InChI=1S/C19H22N2O4/c1-3-19(4-2,24-17(22)20-15-11-7-5-8-12-15)25-18(23)21-16-13-9-6-10-14-16/h5-14H,3-4H2,1-2H3,(H,20,22)(H,21,23). The van der Waals surface area contributed by atoms with Gasteiger partial charge in [-0.2, -0.15) is 0 Å². The van der Waals surface area contributed by atoms with E-state index in [1.54, 1.807) is 62.4 Å². The van der Waals surface area contributed by atoms with Gasteiger partial charge in [-0.1, -0.05) is 50.2 Å². The highest BCUT2D eigenvalue weighted by atomic mass is 16.7. The van der Waals surface area contributed by atoms with E-state index in [1.807, 2.05) is 12.1 Å². The Morgan fingerprint density at radius 1 is 0.760 bits per heavy atom. The molecule has 0 bridgehead atoms. The number of carbonyl (C=O) groups excluding carboxylic acids is 2.